The van der Waals surface area contributed by atoms with E-state index >= 15 is 0 Å². The molecule has 0 aliphatic heterocycles. The van der Waals surface area contributed by atoms with Crippen LogP contribution in [0.15, 0.2) is 22.7 Å². The Bertz CT molecular complexity index is 632. The number of nitrogens with zero attached hydrogens (tertiary/aromatic N) is 3. The number of hydrogen-bond donors (Lipinski definition) is 1. The van der Waals surface area contributed by atoms with Crippen LogP contribution in [-0.4, -0.2) is 39.3 Å². The number of aliphatic hydroxyl groups excluding tert-OH is 1. The fourth-order valence-electron chi connectivity index (χ4n) is 2.71. The van der Waals surface area contributed by atoms with E-state index in [0.717, 1.165) is 16.9 Å². The summed E-state index contributed by atoms with van der Waals surface area (Å²) in [5.74, 6) is 1.93. The van der Waals surface area contributed by atoms with E-state index in [9.17, 15) is 0 Å². The van der Waals surface area contributed by atoms with Crippen molar-refractivity contribution in [3.8, 4) is 5.75 Å². The van der Waals surface area contributed by atoms with Gasteiger partial charge in [0.2, 0.25) is 11.7 Å². The van der Waals surface area contributed by atoms with Crippen LogP contribution < -0.4 is 4.74 Å². The van der Waals surface area contributed by atoms with Gasteiger partial charge in [0, 0.05) is 12.6 Å². The molecule has 0 radical (unpaired) electrons. The second-order valence-corrected chi connectivity index (χ2v) is 6.14. The van der Waals surface area contributed by atoms with E-state index in [1.54, 1.807) is 0 Å². The molecule has 1 heterocycles. The number of aryl methyl sites for hydroxylation is 2. The molecule has 1 aromatic carbocycles. The van der Waals surface area contributed by atoms with Crippen molar-refractivity contribution >= 4 is 0 Å². The molecule has 2 aromatic rings. The maximum Gasteiger partial charge on any atom is 0.240 e. The number of ether oxygens (including phenoxy) is 1. The number of hydrogen-bond acceptors (Lipinski definition) is 6. The van der Waals surface area contributed by atoms with Crippen molar-refractivity contribution in [1.29, 1.82) is 0 Å². The van der Waals surface area contributed by atoms with Gasteiger partial charge in [0.25, 0.3) is 0 Å². The van der Waals surface area contributed by atoms with E-state index in [0.29, 0.717) is 30.8 Å². The third kappa shape index (κ3) is 4.53. The van der Waals surface area contributed by atoms with Crippen LogP contribution in [0.25, 0.3) is 0 Å². The summed E-state index contributed by atoms with van der Waals surface area (Å²) in [6.07, 6.45) is 2.35. The Morgan fingerprint density at radius 1 is 1.26 bits per heavy atom. The van der Waals surface area contributed by atoms with Crippen LogP contribution in [0.1, 0.15) is 35.7 Å². The van der Waals surface area contributed by atoms with Gasteiger partial charge >= 0.3 is 0 Å². The van der Waals surface area contributed by atoms with Gasteiger partial charge in [-0.25, -0.2) is 0 Å². The highest BCUT2D eigenvalue weighted by molar-refractivity contribution is 5.32. The standard InChI is InChI=1S/C17H23N3O3/c1-12-7-13(2)9-15(8-12)22-11-16-18-17(23-19-16)10-20(5-6-21)14-3-4-14/h7-9,14,21H,3-6,10-11H2,1-2H3. The van der Waals surface area contributed by atoms with Gasteiger partial charge in [0.05, 0.1) is 13.2 Å². The molecule has 0 atom stereocenters. The minimum atomic E-state index is 0.146. The molecule has 0 amide bonds. The number of rotatable bonds is 8. The van der Waals surface area contributed by atoms with Crippen LogP contribution in [0.5, 0.6) is 5.75 Å². The van der Waals surface area contributed by atoms with Crippen LogP contribution in [0.4, 0.5) is 0 Å². The van der Waals surface area contributed by atoms with Gasteiger partial charge < -0.3 is 14.4 Å². The van der Waals surface area contributed by atoms with E-state index in [-0.39, 0.29) is 13.2 Å². The first-order valence-corrected chi connectivity index (χ1v) is 8.01. The Labute approximate surface area is 136 Å². The van der Waals surface area contributed by atoms with Crippen molar-refractivity contribution in [1.82, 2.24) is 15.0 Å². The molecule has 1 saturated carbocycles. The molecule has 0 bridgehead atoms. The van der Waals surface area contributed by atoms with Crippen LogP contribution >= 0.6 is 0 Å². The Hall–Kier alpha value is -1.92. The minimum Gasteiger partial charge on any atom is -0.485 e. The van der Waals surface area contributed by atoms with E-state index < -0.39 is 0 Å². The lowest BCUT2D eigenvalue weighted by atomic mass is 10.1. The lowest BCUT2D eigenvalue weighted by Crippen LogP contribution is -2.28. The van der Waals surface area contributed by atoms with Crippen LogP contribution in [-0.2, 0) is 13.2 Å². The van der Waals surface area contributed by atoms with Gasteiger partial charge in [-0.15, -0.1) is 0 Å². The molecule has 1 aromatic heterocycles. The lowest BCUT2D eigenvalue weighted by molar-refractivity contribution is 0.166. The van der Waals surface area contributed by atoms with Gasteiger partial charge in [-0.3, -0.25) is 4.90 Å². The highest BCUT2D eigenvalue weighted by atomic mass is 16.5. The fraction of sp³-hybridized carbons (Fsp3) is 0.529. The van der Waals surface area contributed by atoms with Crippen LogP contribution in [0.2, 0.25) is 0 Å². The highest BCUT2D eigenvalue weighted by Crippen LogP contribution is 2.27. The Kier molecular flexibility index (Phi) is 4.93. The molecule has 1 aliphatic rings. The molecule has 1 N–H and O–H groups in total. The molecule has 0 saturated heterocycles. The molecule has 0 spiro atoms. The molecule has 6 heteroatoms. The Morgan fingerprint density at radius 2 is 2.00 bits per heavy atom. The van der Waals surface area contributed by atoms with Gasteiger partial charge in [0.1, 0.15) is 5.75 Å². The molecule has 6 nitrogen and oxygen atoms in total. The average molecular weight is 317 g/mol. The maximum atomic E-state index is 9.12. The summed E-state index contributed by atoms with van der Waals surface area (Å²) in [5, 5.41) is 13.1. The van der Waals surface area contributed by atoms with Crippen molar-refractivity contribution in [2.75, 3.05) is 13.2 Å². The predicted molar refractivity (Wildman–Crippen MR) is 85.1 cm³/mol. The first-order chi connectivity index (χ1) is 11.1. The lowest BCUT2D eigenvalue weighted by Gasteiger charge is -2.17. The second kappa shape index (κ2) is 7.10. The summed E-state index contributed by atoms with van der Waals surface area (Å²) in [7, 11) is 0. The number of aromatic nitrogens is 2. The second-order valence-electron chi connectivity index (χ2n) is 6.14. The van der Waals surface area contributed by atoms with Gasteiger partial charge in [-0.05, 0) is 49.9 Å². The summed E-state index contributed by atoms with van der Waals surface area (Å²) in [5.41, 5.74) is 2.33. The number of benzene rings is 1. The van der Waals surface area contributed by atoms with Crippen molar-refractivity contribution in [3.63, 3.8) is 0 Å². The monoisotopic (exact) mass is 317 g/mol. The minimum absolute atomic E-state index is 0.146. The Morgan fingerprint density at radius 3 is 2.65 bits per heavy atom. The fourth-order valence-corrected chi connectivity index (χ4v) is 2.71. The molecular weight excluding hydrogens is 294 g/mol. The van der Waals surface area contributed by atoms with Crippen molar-refractivity contribution in [2.24, 2.45) is 0 Å². The smallest absolute Gasteiger partial charge is 0.240 e. The third-order valence-electron chi connectivity index (χ3n) is 3.86. The zero-order valence-corrected chi connectivity index (χ0v) is 13.7. The molecule has 1 fully saturated rings. The Balaban J connectivity index is 1.56. The van der Waals surface area contributed by atoms with E-state index in [2.05, 4.69) is 21.1 Å². The van der Waals surface area contributed by atoms with Crippen molar-refractivity contribution < 1.29 is 14.4 Å². The first-order valence-electron chi connectivity index (χ1n) is 8.01. The van der Waals surface area contributed by atoms with Crippen molar-refractivity contribution in [3.05, 3.63) is 41.0 Å². The molecular formula is C17H23N3O3. The summed E-state index contributed by atoms with van der Waals surface area (Å²) in [6, 6.07) is 6.63. The van der Waals surface area contributed by atoms with E-state index in [4.69, 9.17) is 14.4 Å². The van der Waals surface area contributed by atoms with Crippen LogP contribution in [0, 0.1) is 13.8 Å². The molecule has 3 rings (SSSR count). The zero-order valence-electron chi connectivity index (χ0n) is 13.7. The normalized spacial score (nSPS) is 14.4. The molecule has 1 aliphatic carbocycles. The quantitative estimate of drug-likeness (QED) is 0.805. The van der Waals surface area contributed by atoms with Gasteiger partial charge in [-0.2, -0.15) is 4.98 Å². The molecule has 0 unspecified atom stereocenters. The average Bonchev–Trinajstić information content (AvgIpc) is 3.25. The summed E-state index contributed by atoms with van der Waals surface area (Å²) >= 11 is 0. The number of aliphatic hydroxyl groups is 1. The summed E-state index contributed by atoms with van der Waals surface area (Å²) < 4.78 is 11.0. The van der Waals surface area contributed by atoms with Gasteiger partial charge in [-0.1, -0.05) is 11.2 Å². The third-order valence-corrected chi connectivity index (χ3v) is 3.86. The molecule has 124 valence electrons. The molecule has 23 heavy (non-hydrogen) atoms. The van der Waals surface area contributed by atoms with Gasteiger partial charge in [0.15, 0.2) is 6.61 Å². The SMILES string of the molecule is Cc1cc(C)cc(OCc2noc(CN(CCO)C3CC3)n2)c1. The van der Waals surface area contributed by atoms with E-state index in [1.807, 2.05) is 26.0 Å². The first kappa shape index (κ1) is 16.0. The van der Waals surface area contributed by atoms with E-state index in [1.165, 1.54) is 12.8 Å². The van der Waals surface area contributed by atoms with Crippen LogP contribution in [0.3, 0.4) is 0 Å². The highest BCUT2D eigenvalue weighted by Gasteiger charge is 2.29. The topological polar surface area (TPSA) is 71.6 Å². The van der Waals surface area contributed by atoms with Crippen molar-refractivity contribution in [2.45, 2.75) is 45.9 Å². The summed E-state index contributed by atoms with van der Waals surface area (Å²) in [6.45, 7) is 5.74. The maximum absolute atomic E-state index is 9.12. The summed E-state index contributed by atoms with van der Waals surface area (Å²) in [4.78, 5) is 6.56. The predicted octanol–water partition coefficient (Wildman–Crippen LogP) is 2.22. The largest absolute Gasteiger partial charge is 0.485 e. The zero-order chi connectivity index (χ0) is 16.2.